The fourth-order valence-electron chi connectivity index (χ4n) is 2.50. The van der Waals surface area contributed by atoms with Gasteiger partial charge in [0.1, 0.15) is 0 Å². The first kappa shape index (κ1) is 12.6. The fourth-order valence-corrected chi connectivity index (χ4v) is 2.50. The van der Waals surface area contributed by atoms with Crippen molar-refractivity contribution in [1.82, 2.24) is 0 Å². The summed E-state index contributed by atoms with van der Waals surface area (Å²) >= 11 is 0. The molecule has 0 saturated heterocycles. The highest BCUT2D eigenvalue weighted by atomic mass is 16.1. The molecular weight excluding hydrogens is 204 g/mol. The smallest absolute Gasteiger partial charge is 0.211 e. The minimum absolute atomic E-state index is 0.146. The van der Waals surface area contributed by atoms with Gasteiger partial charge >= 0.3 is 0 Å². The summed E-state index contributed by atoms with van der Waals surface area (Å²) in [6.07, 6.45) is 6.34. The second-order valence-electron chi connectivity index (χ2n) is 5.06. The Labute approximate surface area is 95.2 Å². The van der Waals surface area contributed by atoms with Gasteiger partial charge in [-0.1, -0.05) is 20.8 Å². The molecule has 0 aromatic rings. The molecule has 4 heteroatoms. The van der Waals surface area contributed by atoms with Crippen LogP contribution < -0.4 is 0 Å². The van der Waals surface area contributed by atoms with Crippen LogP contribution >= 0.6 is 0 Å². The van der Waals surface area contributed by atoms with Gasteiger partial charge < -0.3 is 0 Å². The summed E-state index contributed by atoms with van der Waals surface area (Å²) in [6.45, 7) is 6.35. The Morgan fingerprint density at radius 3 is 2.56 bits per heavy atom. The lowest BCUT2D eigenvalue weighted by Crippen LogP contribution is -2.32. The molecule has 4 nitrogen and oxygen atoms in total. The van der Waals surface area contributed by atoms with Crippen LogP contribution in [0.1, 0.15) is 33.6 Å². The number of nitrogens with zero attached hydrogens (tertiary/aromatic N) is 2. The van der Waals surface area contributed by atoms with E-state index in [0.29, 0.717) is 0 Å². The molecule has 2 atom stereocenters. The third-order valence-corrected chi connectivity index (χ3v) is 3.03. The van der Waals surface area contributed by atoms with Crippen LogP contribution in [0.2, 0.25) is 0 Å². The van der Waals surface area contributed by atoms with Crippen LogP contribution in [0.5, 0.6) is 0 Å². The molecule has 0 radical (unpaired) electrons. The van der Waals surface area contributed by atoms with E-state index in [2.05, 4.69) is 30.8 Å². The SMILES string of the molecule is CC1CC(C)(C)CC(N=C=O)C1=CN=C=O. The van der Waals surface area contributed by atoms with Crippen LogP contribution in [0.3, 0.4) is 0 Å². The summed E-state index contributed by atoms with van der Waals surface area (Å²) in [7, 11) is 0. The van der Waals surface area contributed by atoms with Gasteiger partial charge in [0, 0.05) is 6.20 Å². The molecule has 1 aliphatic carbocycles. The van der Waals surface area contributed by atoms with Crippen molar-refractivity contribution in [3.63, 3.8) is 0 Å². The van der Waals surface area contributed by atoms with Crippen molar-refractivity contribution in [2.24, 2.45) is 21.3 Å². The van der Waals surface area contributed by atoms with Crippen molar-refractivity contribution < 1.29 is 9.59 Å². The number of rotatable bonds is 2. The van der Waals surface area contributed by atoms with Gasteiger partial charge in [-0.25, -0.2) is 9.59 Å². The lowest BCUT2D eigenvalue weighted by molar-refractivity contribution is 0.218. The number of aliphatic imine (C=N–C) groups is 2. The van der Waals surface area contributed by atoms with E-state index in [-0.39, 0.29) is 17.4 Å². The van der Waals surface area contributed by atoms with E-state index in [4.69, 9.17) is 0 Å². The van der Waals surface area contributed by atoms with E-state index in [9.17, 15) is 9.59 Å². The first-order valence-corrected chi connectivity index (χ1v) is 5.34. The van der Waals surface area contributed by atoms with Gasteiger partial charge in [0.05, 0.1) is 6.04 Å². The molecule has 1 saturated carbocycles. The lowest BCUT2D eigenvalue weighted by Gasteiger charge is -2.38. The molecule has 1 aliphatic rings. The molecule has 0 N–H and O–H groups in total. The first-order chi connectivity index (χ1) is 7.50. The van der Waals surface area contributed by atoms with E-state index < -0.39 is 0 Å². The van der Waals surface area contributed by atoms with E-state index in [1.165, 1.54) is 12.3 Å². The van der Waals surface area contributed by atoms with Gasteiger partial charge in [-0.15, -0.1) is 0 Å². The Bertz CT molecular complexity index is 386. The highest BCUT2D eigenvalue weighted by Crippen LogP contribution is 2.42. The number of isocyanates is 2. The normalized spacial score (nSPS) is 30.3. The molecule has 16 heavy (non-hydrogen) atoms. The maximum atomic E-state index is 10.4. The summed E-state index contributed by atoms with van der Waals surface area (Å²) in [5.74, 6) is 0.267. The van der Waals surface area contributed by atoms with Crippen molar-refractivity contribution >= 4 is 12.2 Å². The minimum atomic E-state index is -0.201. The van der Waals surface area contributed by atoms with Crippen LogP contribution in [0.15, 0.2) is 21.8 Å². The van der Waals surface area contributed by atoms with Crippen LogP contribution in [-0.2, 0) is 9.59 Å². The predicted octanol–water partition coefficient (Wildman–Crippen LogP) is 2.37. The third-order valence-electron chi connectivity index (χ3n) is 3.03. The first-order valence-electron chi connectivity index (χ1n) is 5.34. The molecule has 2 unspecified atom stereocenters. The second-order valence-corrected chi connectivity index (χ2v) is 5.06. The third kappa shape index (κ3) is 2.99. The molecule has 0 aromatic carbocycles. The molecule has 0 aromatic heterocycles. The number of hydrogen-bond acceptors (Lipinski definition) is 4. The molecule has 0 spiro atoms. The average Bonchev–Trinajstić information content (AvgIpc) is 2.15. The van der Waals surface area contributed by atoms with Crippen LogP contribution in [0, 0.1) is 11.3 Å². The van der Waals surface area contributed by atoms with Crippen molar-refractivity contribution in [3.8, 4) is 0 Å². The van der Waals surface area contributed by atoms with E-state index in [0.717, 1.165) is 18.4 Å². The summed E-state index contributed by atoms with van der Waals surface area (Å²) in [4.78, 5) is 27.8. The Morgan fingerprint density at radius 2 is 2.00 bits per heavy atom. The molecule has 1 rings (SSSR count). The average molecular weight is 220 g/mol. The van der Waals surface area contributed by atoms with Gasteiger partial charge in [0.15, 0.2) is 0 Å². The van der Waals surface area contributed by atoms with Crippen molar-refractivity contribution in [2.45, 2.75) is 39.7 Å². The molecule has 0 bridgehead atoms. The summed E-state index contributed by atoms with van der Waals surface area (Å²) in [5, 5.41) is 0. The zero-order chi connectivity index (χ0) is 12.2. The fraction of sp³-hybridized carbons (Fsp3) is 0.667. The van der Waals surface area contributed by atoms with E-state index >= 15 is 0 Å². The summed E-state index contributed by atoms with van der Waals surface area (Å²) in [6, 6.07) is -0.201. The van der Waals surface area contributed by atoms with Crippen molar-refractivity contribution in [2.75, 3.05) is 0 Å². The maximum absolute atomic E-state index is 10.4. The zero-order valence-electron chi connectivity index (χ0n) is 9.86. The Morgan fingerprint density at radius 1 is 1.31 bits per heavy atom. The Balaban J connectivity index is 3.05. The number of hydrogen-bond donors (Lipinski definition) is 0. The van der Waals surface area contributed by atoms with Crippen LogP contribution in [0.25, 0.3) is 0 Å². The molecule has 86 valence electrons. The molecule has 0 heterocycles. The van der Waals surface area contributed by atoms with E-state index in [1.54, 1.807) is 6.08 Å². The quantitative estimate of drug-likeness (QED) is 0.530. The Hall–Kier alpha value is -1.50. The number of carbonyl (C=O) groups excluding carboxylic acids is 2. The van der Waals surface area contributed by atoms with Crippen LogP contribution in [0.4, 0.5) is 0 Å². The second kappa shape index (κ2) is 5.02. The topological polar surface area (TPSA) is 58.9 Å². The van der Waals surface area contributed by atoms with E-state index in [1.807, 2.05) is 0 Å². The maximum Gasteiger partial charge on any atom is 0.239 e. The largest absolute Gasteiger partial charge is 0.239 e. The zero-order valence-corrected chi connectivity index (χ0v) is 9.86. The highest BCUT2D eigenvalue weighted by molar-refractivity contribution is 5.38. The van der Waals surface area contributed by atoms with Crippen LogP contribution in [-0.4, -0.2) is 18.2 Å². The van der Waals surface area contributed by atoms with Gasteiger partial charge in [-0.3, -0.25) is 0 Å². The summed E-state index contributed by atoms with van der Waals surface area (Å²) in [5.41, 5.74) is 1.07. The molecule has 0 aliphatic heterocycles. The molecule has 1 fully saturated rings. The Kier molecular flexibility index (Phi) is 3.94. The summed E-state index contributed by atoms with van der Waals surface area (Å²) < 4.78 is 0. The van der Waals surface area contributed by atoms with Gasteiger partial charge in [0.25, 0.3) is 0 Å². The molecule has 0 amide bonds. The highest BCUT2D eigenvalue weighted by Gasteiger charge is 2.35. The predicted molar refractivity (Wildman–Crippen MR) is 60.3 cm³/mol. The minimum Gasteiger partial charge on any atom is -0.211 e. The van der Waals surface area contributed by atoms with Crippen molar-refractivity contribution in [3.05, 3.63) is 11.8 Å². The molecular formula is C12H16N2O2. The van der Waals surface area contributed by atoms with Gasteiger partial charge in [0.2, 0.25) is 12.2 Å². The van der Waals surface area contributed by atoms with Crippen molar-refractivity contribution in [1.29, 1.82) is 0 Å². The monoisotopic (exact) mass is 220 g/mol. The lowest BCUT2D eigenvalue weighted by atomic mass is 9.68. The van der Waals surface area contributed by atoms with Gasteiger partial charge in [-0.05, 0) is 29.7 Å². The van der Waals surface area contributed by atoms with Gasteiger partial charge in [-0.2, -0.15) is 9.98 Å². The standard InChI is InChI=1S/C12H16N2O2/c1-9-4-12(2,3)5-11(14-8-16)10(9)6-13-7-15/h6,9,11H,4-5H2,1-3H3.